The molecule has 0 atom stereocenters. The summed E-state index contributed by atoms with van der Waals surface area (Å²) in [5.41, 5.74) is 15.0. The number of rotatable bonds is 6. The molecule has 0 radical (unpaired) electrons. The van der Waals surface area contributed by atoms with E-state index in [0.717, 1.165) is 17.5 Å². The Labute approximate surface area is 124 Å². The van der Waals surface area contributed by atoms with Crippen molar-refractivity contribution in [1.82, 2.24) is 4.98 Å². The van der Waals surface area contributed by atoms with Crippen LogP contribution in [0, 0.1) is 0 Å². The largest absolute Gasteiger partial charge is 0.507 e. The van der Waals surface area contributed by atoms with Crippen molar-refractivity contribution in [2.75, 3.05) is 18.9 Å². The highest BCUT2D eigenvalue weighted by molar-refractivity contribution is 5.85. The standard InChI is InChI=1S/C16H21N3O2/c1-2-21-8-7-11-10-19-16(18)13(11)9-14(17)12-5-3-4-6-15(12)20/h3-6,9-10,19-20H,2,7-8,17-18H2,1H3/b14-9-. The van der Waals surface area contributed by atoms with Gasteiger partial charge >= 0.3 is 0 Å². The van der Waals surface area contributed by atoms with Crippen molar-refractivity contribution in [3.05, 3.63) is 47.2 Å². The number of ether oxygens (including phenoxy) is 1. The highest BCUT2D eigenvalue weighted by atomic mass is 16.5. The Morgan fingerprint density at radius 3 is 2.86 bits per heavy atom. The minimum absolute atomic E-state index is 0.149. The minimum atomic E-state index is 0.149. The zero-order chi connectivity index (χ0) is 15.2. The van der Waals surface area contributed by atoms with Gasteiger partial charge in [0, 0.05) is 29.6 Å². The second kappa shape index (κ2) is 6.85. The van der Waals surface area contributed by atoms with Crippen LogP contribution in [0.4, 0.5) is 5.82 Å². The molecule has 0 amide bonds. The SMILES string of the molecule is CCOCCc1c[nH]c(N)c1/C=C(\N)c1ccccc1O. The summed E-state index contributed by atoms with van der Waals surface area (Å²) in [5.74, 6) is 0.705. The summed E-state index contributed by atoms with van der Waals surface area (Å²) in [5, 5.41) is 9.84. The quantitative estimate of drug-likeness (QED) is 0.613. The van der Waals surface area contributed by atoms with Gasteiger partial charge in [0.25, 0.3) is 0 Å². The molecular formula is C16H21N3O2. The van der Waals surface area contributed by atoms with Crippen molar-refractivity contribution in [3.8, 4) is 5.75 Å². The third kappa shape index (κ3) is 3.58. The zero-order valence-corrected chi connectivity index (χ0v) is 12.1. The lowest BCUT2D eigenvalue weighted by molar-refractivity contribution is 0.151. The first-order valence-corrected chi connectivity index (χ1v) is 6.92. The van der Waals surface area contributed by atoms with E-state index >= 15 is 0 Å². The van der Waals surface area contributed by atoms with Crippen LogP contribution in [0.5, 0.6) is 5.75 Å². The Morgan fingerprint density at radius 2 is 2.14 bits per heavy atom. The van der Waals surface area contributed by atoms with E-state index in [1.807, 2.05) is 19.2 Å². The number of benzene rings is 1. The maximum Gasteiger partial charge on any atom is 0.124 e. The number of phenols is 1. The Balaban J connectivity index is 2.27. The van der Waals surface area contributed by atoms with Crippen molar-refractivity contribution >= 4 is 17.6 Å². The summed E-state index contributed by atoms with van der Waals surface area (Å²) in [6, 6.07) is 6.95. The molecule has 0 aliphatic rings. The molecule has 2 rings (SSSR count). The smallest absolute Gasteiger partial charge is 0.124 e. The Bertz CT molecular complexity index is 632. The predicted octanol–water partition coefficient (Wildman–Crippen LogP) is 2.34. The number of hydrogen-bond donors (Lipinski definition) is 4. The van der Waals surface area contributed by atoms with Gasteiger partial charge in [-0.1, -0.05) is 12.1 Å². The number of nitrogens with one attached hydrogen (secondary N) is 1. The molecule has 5 heteroatoms. The van der Waals surface area contributed by atoms with E-state index in [1.165, 1.54) is 0 Å². The fourth-order valence-corrected chi connectivity index (χ4v) is 2.15. The van der Waals surface area contributed by atoms with Crippen LogP contribution in [0.25, 0.3) is 11.8 Å². The summed E-state index contributed by atoms with van der Waals surface area (Å²) >= 11 is 0. The van der Waals surface area contributed by atoms with Crippen molar-refractivity contribution in [1.29, 1.82) is 0 Å². The molecule has 5 nitrogen and oxygen atoms in total. The van der Waals surface area contributed by atoms with E-state index in [4.69, 9.17) is 16.2 Å². The van der Waals surface area contributed by atoms with Crippen LogP contribution < -0.4 is 11.5 Å². The molecular weight excluding hydrogens is 266 g/mol. The van der Waals surface area contributed by atoms with E-state index < -0.39 is 0 Å². The molecule has 6 N–H and O–H groups in total. The Hall–Kier alpha value is -2.40. The monoisotopic (exact) mass is 287 g/mol. The molecule has 1 heterocycles. The number of nitrogen functional groups attached to an aromatic ring is 1. The highest BCUT2D eigenvalue weighted by Crippen LogP contribution is 2.26. The predicted molar refractivity (Wildman–Crippen MR) is 85.6 cm³/mol. The van der Waals surface area contributed by atoms with E-state index in [9.17, 15) is 5.11 Å². The molecule has 0 saturated carbocycles. The van der Waals surface area contributed by atoms with Crippen LogP contribution in [0.15, 0.2) is 30.5 Å². The Morgan fingerprint density at radius 1 is 1.38 bits per heavy atom. The lowest BCUT2D eigenvalue weighted by atomic mass is 10.1. The summed E-state index contributed by atoms with van der Waals surface area (Å²) in [6.45, 7) is 3.28. The first-order chi connectivity index (χ1) is 10.1. The number of hydrogen-bond acceptors (Lipinski definition) is 4. The van der Waals surface area contributed by atoms with Gasteiger partial charge in [-0.2, -0.15) is 0 Å². The molecule has 0 bridgehead atoms. The number of nitrogens with two attached hydrogens (primary N) is 2. The minimum Gasteiger partial charge on any atom is -0.507 e. The van der Waals surface area contributed by atoms with Crippen LogP contribution in [-0.4, -0.2) is 23.3 Å². The molecule has 0 fully saturated rings. The van der Waals surface area contributed by atoms with Crippen molar-refractivity contribution in [3.63, 3.8) is 0 Å². The Kier molecular flexibility index (Phi) is 4.90. The summed E-state index contributed by atoms with van der Waals surface area (Å²) in [4.78, 5) is 3.00. The number of aromatic amines is 1. The van der Waals surface area contributed by atoms with Gasteiger partial charge in [-0.05, 0) is 37.1 Å². The van der Waals surface area contributed by atoms with Gasteiger partial charge in [-0.3, -0.25) is 0 Å². The van der Waals surface area contributed by atoms with Crippen LogP contribution in [0.1, 0.15) is 23.6 Å². The van der Waals surface area contributed by atoms with E-state index in [2.05, 4.69) is 4.98 Å². The number of aromatic hydroxyl groups is 1. The lowest BCUT2D eigenvalue weighted by Crippen LogP contribution is -2.01. The van der Waals surface area contributed by atoms with Gasteiger partial charge in [0.15, 0.2) is 0 Å². The third-order valence-electron chi connectivity index (χ3n) is 3.27. The van der Waals surface area contributed by atoms with Gasteiger partial charge < -0.3 is 26.3 Å². The zero-order valence-electron chi connectivity index (χ0n) is 12.1. The second-order valence-electron chi connectivity index (χ2n) is 4.71. The maximum absolute atomic E-state index is 9.84. The molecule has 0 saturated heterocycles. The van der Waals surface area contributed by atoms with E-state index in [-0.39, 0.29) is 5.75 Å². The third-order valence-corrected chi connectivity index (χ3v) is 3.27. The van der Waals surface area contributed by atoms with Crippen LogP contribution in [-0.2, 0) is 11.2 Å². The number of phenolic OH excluding ortho intramolecular Hbond substituents is 1. The highest BCUT2D eigenvalue weighted by Gasteiger charge is 2.09. The topological polar surface area (TPSA) is 97.3 Å². The van der Waals surface area contributed by atoms with Crippen LogP contribution in [0.3, 0.4) is 0 Å². The summed E-state index contributed by atoms with van der Waals surface area (Å²) in [7, 11) is 0. The molecule has 0 aliphatic heterocycles. The molecule has 0 unspecified atom stereocenters. The molecule has 1 aromatic carbocycles. The number of aromatic nitrogens is 1. The van der Waals surface area contributed by atoms with Gasteiger partial charge in [0.1, 0.15) is 11.6 Å². The molecule has 21 heavy (non-hydrogen) atoms. The molecule has 1 aromatic heterocycles. The first-order valence-electron chi connectivity index (χ1n) is 6.92. The molecule has 0 spiro atoms. The number of para-hydroxylation sites is 1. The normalized spacial score (nSPS) is 11.8. The molecule has 112 valence electrons. The van der Waals surface area contributed by atoms with Crippen molar-refractivity contribution < 1.29 is 9.84 Å². The first kappa shape index (κ1) is 15.0. The van der Waals surface area contributed by atoms with Crippen molar-refractivity contribution in [2.45, 2.75) is 13.3 Å². The van der Waals surface area contributed by atoms with Crippen LogP contribution in [0.2, 0.25) is 0 Å². The fourth-order valence-electron chi connectivity index (χ4n) is 2.15. The van der Waals surface area contributed by atoms with Gasteiger partial charge in [0.05, 0.1) is 6.61 Å². The fraction of sp³-hybridized carbons (Fsp3) is 0.250. The van der Waals surface area contributed by atoms with Crippen molar-refractivity contribution in [2.24, 2.45) is 5.73 Å². The van der Waals surface area contributed by atoms with E-state index in [0.29, 0.717) is 30.3 Å². The maximum atomic E-state index is 9.84. The second-order valence-corrected chi connectivity index (χ2v) is 4.71. The average Bonchev–Trinajstić information content (AvgIpc) is 2.81. The van der Waals surface area contributed by atoms with E-state index in [1.54, 1.807) is 24.3 Å². The number of anilines is 1. The molecule has 2 aromatic rings. The van der Waals surface area contributed by atoms with Gasteiger partial charge in [-0.25, -0.2) is 0 Å². The van der Waals surface area contributed by atoms with Crippen LogP contribution >= 0.6 is 0 Å². The molecule has 0 aliphatic carbocycles. The lowest BCUT2D eigenvalue weighted by Gasteiger charge is -2.06. The van der Waals surface area contributed by atoms with Gasteiger partial charge in [-0.15, -0.1) is 0 Å². The van der Waals surface area contributed by atoms with Gasteiger partial charge in [0.2, 0.25) is 0 Å². The average molecular weight is 287 g/mol. The summed E-state index contributed by atoms with van der Waals surface area (Å²) < 4.78 is 5.36. The number of H-pyrrole nitrogens is 1. The summed E-state index contributed by atoms with van der Waals surface area (Å²) in [6.07, 6.45) is 4.39.